The predicted octanol–water partition coefficient (Wildman–Crippen LogP) is 6.95. The summed E-state index contributed by atoms with van der Waals surface area (Å²) in [6.07, 6.45) is 0. The van der Waals surface area contributed by atoms with Crippen LogP contribution in [0, 0.1) is 6.92 Å². The molecule has 36 heavy (non-hydrogen) atoms. The van der Waals surface area contributed by atoms with Crippen LogP contribution in [0.3, 0.4) is 0 Å². The van der Waals surface area contributed by atoms with E-state index >= 15 is 0 Å². The molecule has 6 nitrogen and oxygen atoms in total. The fourth-order valence-electron chi connectivity index (χ4n) is 3.95. The fourth-order valence-corrected chi connectivity index (χ4v) is 3.95. The summed E-state index contributed by atoms with van der Waals surface area (Å²) in [7, 11) is 0. The summed E-state index contributed by atoms with van der Waals surface area (Å²) in [4.78, 5) is 14.8. The normalized spacial score (nSPS) is 12.2. The van der Waals surface area contributed by atoms with Gasteiger partial charge in [-0.25, -0.2) is 0 Å². The first-order valence-corrected chi connectivity index (χ1v) is 12.4. The number of hydrogen-bond donors (Lipinski definition) is 1. The summed E-state index contributed by atoms with van der Waals surface area (Å²) in [5, 5.41) is 12.3. The van der Waals surface area contributed by atoms with E-state index in [9.17, 15) is 4.79 Å². The van der Waals surface area contributed by atoms with Gasteiger partial charge in [0.25, 0.3) is 5.91 Å². The van der Waals surface area contributed by atoms with Gasteiger partial charge in [-0.1, -0.05) is 58.9 Å². The number of aryl methyl sites for hydroxylation is 1. The Kier molecular flexibility index (Phi) is 6.65. The highest BCUT2D eigenvalue weighted by Crippen LogP contribution is 2.28. The SMILES string of the molecule is Cc1cc2nn(-c3ccc(C(C)C)cc3)nc2cc1NC(=O)C(C)(C)Oc1ccc(C(C)(C)C)cc1. The van der Waals surface area contributed by atoms with Gasteiger partial charge >= 0.3 is 0 Å². The van der Waals surface area contributed by atoms with Crippen LogP contribution in [-0.2, 0) is 10.2 Å². The molecule has 1 amide bonds. The zero-order valence-electron chi connectivity index (χ0n) is 22.5. The Morgan fingerprint density at radius 2 is 1.47 bits per heavy atom. The van der Waals surface area contributed by atoms with Crippen LogP contribution in [0.5, 0.6) is 5.75 Å². The summed E-state index contributed by atoms with van der Waals surface area (Å²) in [6, 6.07) is 20.0. The Bertz CT molecular complexity index is 1380. The molecule has 1 aromatic heterocycles. The molecule has 0 spiro atoms. The smallest absolute Gasteiger partial charge is 0.267 e. The quantitative estimate of drug-likeness (QED) is 0.322. The maximum absolute atomic E-state index is 13.2. The second kappa shape index (κ2) is 9.41. The summed E-state index contributed by atoms with van der Waals surface area (Å²) < 4.78 is 6.08. The summed E-state index contributed by atoms with van der Waals surface area (Å²) in [6.45, 7) is 16.3. The van der Waals surface area contributed by atoms with Crippen LogP contribution in [0.15, 0.2) is 60.7 Å². The van der Waals surface area contributed by atoms with Crippen LogP contribution in [0.25, 0.3) is 16.7 Å². The molecule has 0 fully saturated rings. The maximum atomic E-state index is 13.2. The average molecular weight is 485 g/mol. The van der Waals surface area contributed by atoms with Crippen molar-refractivity contribution < 1.29 is 9.53 Å². The number of carbonyl (C=O) groups is 1. The van der Waals surface area contributed by atoms with Crippen molar-refractivity contribution in [3.05, 3.63) is 77.4 Å². The first-order chi connectivity index (χ1) is 16.8. The van der Waals surface area contributed by atoms with Gasteiger partial charge in [-0.05, 0) is 85.2 Å². The molecule has 0 aliphatic heterocycles. The monoisotopic (exact) mass is 484 g/mol. The van der Waals surface area contributed by atoms with Crippen molar-refractivity contribution in [3.63, 3.8) is 0 Å². The third kappa shape index (κ3) is 5.43. The van der Waals surface area contributed by atoms with Gasteiger partial charge in [-0.15, -0.1) is 10.2 Å². The van der Waals surface area contributed by atoms with Crippen molar-refractivity contribution in [1.82, 2.24) is 15.0 Å². The molecular formula is C30H36N4O2. The molecule has 0 saturated carbocycles. The Morgan fingerprint density at radius 1 is 0.889 bits per heavy atom. The van der Waals surface area contributed by atoms with Gasteiger partial charge in [0.05, 0.1) is 5.69 Å². The molecule has 0 atom stereocenters. The highest BCUT2D eigenvalue weighted by molar-refractivity contribution is 5.99. The van der Waals surface area contributed by atoms with Gasteiger partial charge in [-0.3, -0.25) is 4.79 Å². The summed E-state index contributed by atoms with van der Waals surface area (Å²) in [5.41, 5.74) is 5.44. The molecule has 4 aromatic rings. The second-order valence-corrected chi connectivity index (χ2v) is 11.2. The van der Waals surface area contributed by atoms with Crippen LogP contribution < -0.4 is 10.1 Å². The molecule has 6 heteroatoms. The molecule has 0 bridgehead atoms. The van der Waals surface area contributed by atoms with Gasteiger partial charge in [0.1, 0.15) is 16.8 Å². The van der Waals surface area contributed by atoms with E-state index in [1.807, 2.05) is 55.5 Å². The lowest BCUT2D eigenvalue weighted by molar-refractivity contribution is -0.128. The zero-order valence-corrected chi connectivity index (χ0v) is 22.5. The third-order valence-corrected chi connectivity index (χ3v) is 6.41. The van der Waals surface area contributed by atoms with Crippen molar-refractivity contribution in [2.45, 2.75) is 72.3 Å². The number of anilines is 1. The molecule has 0 saturated heterocycles. The lowest BCUT2D eigenvalue weighted by atomic mass is 9.87. The fraction of sp³-hybridized carbons (Fsp3) is 0.367. The van der Waals surface area contributed by atoms with Crippen LogP contribution >= 0.6 is 0 Å². The van der Waals surface area contributed by atoms with Crippen molar-refractivity contribution in [2.24, 2.45) is 0 Å². The van der Waals surface area contributed by atoms with Crippen molar-refractivity contribution in [2.75, 3.05) is 5.32 Å². The molecule has 0 unspecified atom stereocenters. The second-order valence-electron chi connectivity index (χ2n) is 11.2. The van der Waals surface area contributed by atoms with E-state index in [-0.39, 0.29) is 11.3 Å². The maximum Gasteiger partial charge on any atom is 0.267 e. The van der Waals surface area contributed by atoms with E-state index in [0.29, 0.717) is 22.9 Å². The number of amides is 1. The van der Waals surface area contributed by atoms with Gasteiger partial charge < -0.3 is 10.1 Å². The standard InChI is InChI=1S/C30H36N4O2/c1-19(2)21-9-13-23(14-10-21)34-32-26-17-20(3)25(18-27(26)33-34)31-28(35)30(7,8)36-24-15-11-22(12-16-24)29(4,5)6/h9-19H,1-8H3,(H,31,35). The van der Waals surface area contributed by atoms with Crippen molar-refractivity contribution >= 4 is 22.6 Å². The summed E-state index contributed by atoms with van der Waals surface area (Å²) >= 11 is 0. The largest absolute Gasteiger partial charge is 0.478 e. The number of rotatable bonds is 6. The van der Waals surface area contributed by atoms with E-state index in [1.165, 1.54) is 11.1 Å². The predicted molar refractivity (Wildman–Crippen MR) is 146 cm³/mol. The molecule has 4 rings (SSSR count). The van der Waals surface area contributed by atoms with Crippen LogP contribution in [0.1, 0.15) is 71.1 Å². The molecule has 0 radical (unpaired) electrons. The van der Waals surface area contributed by atoms with Gasteiger partial charge in [0.15, 0.2) is 5.60 Å². The Labute approximate surface area is 213 Å². The summed E-state index contributed by atoms with van der Waals surface area (Å²) in [5.74, 6) is 0.886. The minimum absolute atomic E-state index is 0.0565. The molecule has 188 valence electrons. The first-order valence-electron chi connectivity index (χ1n) is 12.4. The number of nitrogens with one attached hydrogen (secondary N) is 1. The number of nitrogens with zero attached hydrogens (tertiary/aromatic N) is 3. The topological polar surface area (TPSA) is 69.0 Å². The molecule has 3 aromatic carbocycles. The van der Waals surface area contributed by atoms with Crippen LogP contribution in [0.4, 0.5) is 5.69 Å². The average Bonchev–Trinajstić information content (AvgIpc) is 3.21. The van der Waals surface area contributed by atoms with Crippen molar-refractivity contribution in [3.8, 4) is 11.4 Å². The number of fused-ring (bicyclic) bond motifs is 1. The highest BCUT2D eigenvalue weighted by atomic mass is 16.5. The van der Waals surface area contributed by atoms with E-state index in [1.54, 1.807) is 18.6 Å². The molecule has 1 N–H and O–H groups in total. The lowest BCUT2D eigenvalue weighted by Crippen LogP contribution is -2.42. The molecule has 0 aliphatic rings. The number of ether oxygens (including phenoxy) is 1. The van der Waals surface area contributed by atoms with Crippen molar-refractivity contribution in [1.29, 1.82) is 0 Å². The number of benzene rings is 3. The molecular weight excluding hydrogens is 448 g/mol. The number of carbonyl (C=O) groups excluding carboxylic acids is 1. The minimum atomic E-state index is -1.07. The molecule has 0 aliphatic carbocycles. The van der Waals surface area contributed by atoms with E-state index in [4.69, 9.17) is 4.74 Å². The Hall–Kier alpha value is -3.67. The third-order valence-electron chi connectivity index (χ3n) is 6.41. The van der Waals surface area contributed by atoms with Gasteiger partial charge in [-0.2, -0.15) is 4.80 Å². The van der Waals surface area contributed by atoms with Gasteiger partial charge in [0.2, 0.25) is 0 Å². The Balaban J connectivity index is 1.52. The highest BCUT2D eigenvalue weighted by Gasteiger charge is 2.31. The van der Waals surface area contributed by atoms with E-state index in [2.05, 4.69) is 62.3 Å². The van der Waals surface area contributed by atoms with E-state index < -0.39 is 5.60 Å². The van der Waals surface area contributed by atoms with Crippen LogP contribution in [-0.4, -0.2) is 26.5 Å². The number of aromatic nitrogens is 3. The lowest BCUT2D eigenvalue weighted by Gasteiger charge is -2.26. The van der Waals surface area contributed by atoms with Crippen LogP contribution in [0.2, 0.25) is 0 Å². The molecule has 1 heterocycles. The zero-order chi connectivity index (χ0) is 26.3. The van der Waals surface area contributed by atoms with E-state index in [0.717, 1.165) is 16.8 Å². The number of hydrogen-bond acceptors (Lipinski definition) is 4. The minimum Gasteiger partial charge on any atom is -0.478 e. The first kappa shape index (κ1) is 25.4. The van der Waals surface area contributed by atoms with Gasteiger partial charge in [0, 0.05) is 5.69 Å². The Morgan fingerprint density at radius 3 is 2.03 bits per heavy atom.